The van der Waals surface area contributed by atoms with Crippen LogP contribution in [0.25, 0.3) is 0 Å². The molecule has 0 saturated carbocycles. The summed E-state index contributed by atoms with van der Waals surface area (Å²) in [5.74, 6) is 0. The Labute approximate surface area is 85.5 Å². The molecule has 0 saturated heterocycles. The smallest absolute Gasteiger partial charge is 0 e. The van der Waals surface area contributed by atoms with Gasteiger partial charge in [0.1, 0.15) is 0 Å². The van der Waals surface area contributed by atoms with Gasteiger partial charge in [0.25, 0.3) is 0 Å². The van der Waals surface area contributed by atoms with E-state index in [1.54, 1.807) is 0 Å². The normalized spacial score (nSPS) is 0. The molecule has 0 nitrogen and oxygen atoms in total. The zero-order chi connectivity index (χ0) is 0. The van der Waals surface area contributed by atoms with Gasteiger partial charge in [0, 0.05) is 17.1 Å². The summed E-state index contributed by atoms with van der Waals surface area (Å²) in [4.78, 5) is 0. The monoisotopic (exact) mass is 175 g/mol. The second-order valence-electron chi connectivity index (χ2n) is 0. The number of rotatable bonds is 0. The van der Waals surface area contributed by atoms with Crippen LogP contribution in [0.4, 0.5) is 0 Å². The van der Waals surface area contributed by atoms with E-state index < -0.39 is 0 Å². The molecule has 1 radical (unpaired) electrons. The first-order chi connectivity index (χ1) is 0. The Morgan fingerprint density at radius 3 is 0.400 bits per heavy atom. The van der Waals surface area contributed by atoms with E-state index in [0.717, 1.165) is 0 Å². The SMILES string of the molecule is [AlH3].[AlH3].[AlH3].[AlH3].[Mn]. The molecular weight excluding hydrogens is 163 g/mol. The van der Waals surface area contributed by atoms with Crippen molar-refractivity contribution in [3.8, 4) is 0 Å². The van der Waals surface area contributed by atoms with Crippen molar-refractivity contribution in [2.75, 3.05) is 0 Å². The van der Waals surface area contributed by atoms with Gasteiger partial charge in [0.05, 0.1) is 0 Å². The van der Waals surface area contributed by atoms with Gasteiger partial charge in [-0.05, 0) is 0 Å². The zero-order valence-electron chi connectivity index (χ0n) is 0.378. The molecule has 0 fully saturated rings. The first-order valence-corrected chi connectivity index (χ1v) is 0. The van der Waals surface area contributed by atoms with Crippen LogP contribution in [0, 0.1) is 0 Å². The van der Waals surface area contributed by atoms with Crippen molar-refractivity contribution in [1.82, 2.24) is 0 Å². The van der Waals surface area contributed by atoms with Gasteiger partial charge >= 0.3 is 0 Å². The Bertz CT molecular complexity index is 3.61. The Kier molecular flexibility index (Phi) is 291. The van der Waals surface area contributed by atoms with Gasteiger partial charge in [0.15, 0.2) is 69.4 Å². The van der Waals surface area contributed by atoms with E-state index in [9.17, 15) is 0 Å². The van der Waals surface area contributed by atoms with Gasteiger partial charge < -0.3 is 0 Å². The molecule has 0 amide bonds. The molecule has 31 valence electrons. The maximum atomic E-state index is 0. The second kappa shape index (κ2) is 30.2. The third-order valence-electron chi connectivity index (χ3n) is 0. The van der Waals surface area contributed by atoms with Gasteiger partial charge in [-0.3, -0.25) is 0 Å². The zero-order valence-corrected chi connectivity index (χ0v) is 1.56. The Balaban J connectivity index is 0. The van der Waals surface area contributed by atoms with Crippen molar-refractivity contribution < 1.29 is 17.1 Å². The average molecular weight is 175 g/mol. The minimum atomic E-state index is 0. The summed E-state index contributed by atoms with van der Waals surface area (Å²) < 4.78 is 0. The minimum Gasteiger partial charge on any atom is 0 e. The van der Waals surface area contributed by atoms with Crippen molar-refractivity contribution >= 4 is 69.4 Å². The fraction of sp³-hybridized carbons (Fsp3) is 0. The maximum absolute atomic E-state index is 0. The summed E-state index contributed by atoms with van der Waals surface area (Å²) in [5.41, 5.74) is 0. The molecule has 0 rings (SSSR count). The van der Waals surface area contributed by atoms with Crippen LogP contribution in [0.3, 0.4) is 0 Å². The second-order valence-corrected chi connectivity index (χ2v) is 0. The third-order valence-corrected chi connectivity index (χ3v) is 0. The van der Waals surface area contributed by atoms with E-state index >= 15 is 0 Å². The Morgan fingerprint density at radius 2 is 0.400 bits per heavy atom. The van der Waals surface area contributed by atoms with Gasteiger partial charge in [-0.25, -0.2) is 0 Å². The number of hydrogen-bond acceptors (Lipinski definition) is 0. The molecule has 5 heavy (non-hydrogen) atoms. The van der Waals surface area contributed by atoms with Crippen molar-refractivity contribution in [2.45, 2.75) is 0 Å². The van der Waals surface area contributed by atoms with Crippen LogP contribution in [-0.4, -0.2) is 69.4 Å². The fourth-order valence-corrected chi connectivity index (χ4v) is 0. The predicted molar refractivity (Wildman–Crippen MR) is 39.8 cm³/mol. The summed E-state index contributed by atoms with van der Waals surface area (Å²) >= 11 is 0. The molecule has 0 aliphatic carbocycles. The summed E-state index contributed by atoms with van der Waals surface area (Å²) in [5, 5.41) is 0. The molecule has 0 aromatic heterocycles. The van der Waals surface area contributed by atoms with Crippen molar-refractivity contribution in [2.24, 2.45) is 0 Å². The molecule has 0 heterocycles. The average Bonchev–Trinajstić information content (AvgIpc) is 0. The summed E-state index contributed by atoms with van der Waals surface area (Å²) in [7, 11) is 0. The third kappa shape index (κ3) is 20.5. The summed E-state index contributed by atoms with van der Waals surface area (Å²) in [6.07, 6.45) is 0. The molecule has 0 aliphatic heterocycles. The first-order valence-electron chi connectivity index (χ1n) is 0. The predicted octanol–water partition coefficient (Wildman–Crippen LogP) is -4.74. The van der Waals surface area contributed by atoms with Crippen LogP contribution in [0.5, 0.6) is 0 Å². The molecule has 0 aliphatic rings. The molecule has 5 heteroatoms. The number of hydrogen-bond donors (Lipinski definition) is 0. The minimum absolute atomic E-state index is 0. The van der Waals surface area contributed by atoms with Gasteiger partial charge in [-0.15, -0.1) is 0 Å². The van der Waals surface area contributed by atoms with Crippen LogP contribution in [0.2, 0.25) is 0 Å². The van der Waals surface area contributed by atoms with Gasteiger partial charge in [-0.2, -0.15) is 0 Å². The standard InChI is InChI=1S/4Al.Mn.12H. The van der Waals surface area contributed by atoms with E-state index in [2.05, 4.69) is 0 Å². The molecule has 0 atom stereocenters. The summed E-state index contributed by atoms with van der Waals surface area (Å²) in [6, 6.07) is 0. The first kappa shape index (κ1) is 48.2. The van der Waals surface area contributed by atoms with Crippen LogP contribution in [0.1, 0.15) is 0 Å². The van der Waals surface area contributed by atoms with Crippen molar-refractivity contribution in [1.29, 1.82) is 0 Å². The molecule has 0 N–H and O–H groups in total. The van der Waals surface area contributed by atoms with Gasteiger partial charge in [-0.1, -0.05) is 0 Å². The molecule has 0 aromatic carbocycles. The quantitative estimate of drug-likeness (QED) is 0.324. The molecular formula is H12Al4Mn. The maximum Gasteiger partial charge on any atom is 0.187 e. The Morgan fingerprint density at radius 1 is 0.400 bits per heavy atom. The molecule has 0 bridgehead atoms. The summed E-state index contributed by atoms with van der Waals surface area (Å²) in [6.45, 7) is 0. The van der Waals surface area contributed by atoms with E-state index in [4.69, 9.17) is 0 Å². The van der Waals surface area contributed by atoms with E-state index in [0.29, 0.717) is 0 Å². The van der Waals surface area contributed by atoms with Crippen LogP contribution < -0.4 is 0 Å². The molecule has 0 spiro atoms. The van der Waals surface area contributed by atoms with E-state index in [1.165, 1.54) is 0 Å². The largest absolute Gasteiger partial charge is 0.187 e. The van der Waals surface area contributed by atoms with Gasteiger partial charge in [0.2, 0.25) is 0 Å². The van der Waals surface area contributed by atoms with E-state index in [1.807, 2.05) is 0 Å². The van der Waals surface area contributed by atoms with Crippen LogP contribution >= 0.6 is 0 Å². The van der Waals surface area contributed by atoms with Crippen molar-refractivity contribution in [3.05, 3.63) is 0 Å². The van der Waals surface area contributed by atoms with Crippen LogP contribution in [-0.2, 0) is 17.1 Å². The molecule has 0 aromatic rings. The topological polar surface area (TPSA) is 0 Å². The fourth-order valence-electron chi connectivity index (χ4n) is 0. The van der Waals surface area contributed by atoms with Crippen molar-refractivity contribution in [3.63, 3.8) is 0 Å². The Hall–Kier alpha value is 2.65. The molecule has 0 unspecified atom stereocenters. The van der Waals surface area contributed by atoms with Crippen LogP contribution in [0.15, 0.2) is 0 Å². The van der Waals surface area contributed by atoms with E-state index in [-0.39, 0.29) is 86.5 Å².